The molecule has 0 aliphatic carbocycles. The molecule has 0 saturated heterocycles. The maximum absolute atomic E-state index is 10.4. The Hall–Kier alpha value is -2.00. The number of halogens is 1. The minimum absolute atomic E-state index is 0. The zero-order valence-corrected chi connectivity index (χ0v) is 12.3. The van der Waals surface area contributed by atoms with Gasteiger partial charge in [-0.05, 0) is 23.8 Å². The lowest BCUT2D eigenvalue weighted by Gasteiger charge is -2.06. The number of fused-ring (bicyclic) bond motifs is 1. The zero-order chi connectivity index (χ0) is 13.4. The highest BCUT2D eigenvalue weighted by Gasteiger charge is 2.10. The number of phenolic OH excluding ortho intramolecular Hbond substituents is 1. The number of phenols is 1. The van der Waals surface area contributed by atoms with Gasteiger partial charge < -0.3 is 22.1 Å². The molecule has 0 fully saturated rings. The number of nitrogens with zero attached hydrogens (tertiary/aromatic N) is 2. The van der Waals surface area contributed by atoms with E-state index in [1.54, 1.807) is 0 Å². The van der Waals surface area contributed by atoms with Crippen molar-refractivity contribution in [2.75, 3.05) is 0 Å². The smallest absolute Gasteiger partial charge is 0.172 e. The van der Waals surface area contributed by atoms with Crippen LogP contribution in [-0.4, -0.2) is 9.67 Å². The number of rotatable bonds is 2. The number of pyridine rings is 1. The summed E-state index contributed by atoms with van der Waals surface area (Å²) in [6, 6.07) is 10.1. The monoisotopic (exact) mass is 288 g/mol. The molecule has 0 spiro atoms. The van der Waals surface area contributed by atoms with Crippen LogP contribution in [0.2, 0.25) is 0 Å². The standard InChI is InChI=1S/C16H16N2O.ClH/c1-17-8-3-4-12(11-17)10-13-5-6-15-14(16(13)19)7-9-18(15)2;/h3-9,11H,10H2,1-2H3;1H. The van der Waals surface area contributed by atoms with Crippen LogP contribution in [0.25, 0.3) is 10.9 Å². The van der Waals surface area contributed by atoms with E-state index in [9.17, 15) is 5.11 Å². The molecule has 2 aromatic heterocycles. The zero-order valence-electron chi connectivity index (χ0n) is 11.5. The summed E-state index contributed by atoms with van der Waals surface area (Å²) in [7, 11) is 3.99. The van der Waals surface area contributed by atoms with Crippen molar-refractivity contribution in [3.63, 3.8) is 0 Å². The molecule has 0 saturated carbocycles. The first-order chi connectivity index (χ1) is 9.15. The van der Waals surface area contributed by atoms with Crippen molar-refractivity contribution >= 4 is 10.9 Å². The van der Waals surface area contributed by atoms with Crippen molar-refractivity contribution in [2.24, 2.45) is 14.1 Å². The summed E-state index contributed by atoms with van der Waals surface area (Å²) in [5.41, 5.74) is 3.21. The Bertz CT molecular complexity index is 749. The van der Waals surface area contributed by atoms with Crippen molar-refractivity contribution in [2.45, 2.75) is 6.42 Å². The highest BCUT2D eigenvalue weighted by atomic mass is 35.5. The van der Waals surface area contributed by atoms with Crippen LogP contribution in [0.3, 0.4) is 0 Å². The molecule has 2 heterocycles. The largest absolute Gasteiger partial charge is 1.00 e. The molecule has 3 rings (SSSR count). The average Bonchev–Trinajstić information content (AvgIpc) is 2.76. The fraction of sp³-hybridized carbons (Fsp3) is 0.188. The van der Waals surface area contributed by atoms with Gasteiger partial charge in [-0.3, -0.25) is 0 Å². The van der Waals surface area contributed by atoms with Crippen LogP contribution in [0.4, 0.5) is 0 Å². The average molecular weight is 289 g/mol. The van der Waals surface area contributed by atoms with Crippen molar-refractivity contribution in [1.29, 1.82) is 0 Å². The SMILES string of the molecule is Cn1ccc2c(O)c(Cc3ccc[n+](C)c3)ccc21.[Cl-]. The fourth-order valence-corrected chi connectivity index (χ4v) is 2.50. The minimum atomic E-state index is 0. The summed E-state index contributed by atoms with van der Waals surface area (Å²) in [6.45, 7) is 0. The predicted molar refractivity (Wildman–Crippen MR) is 75.0 cm³/mol. The molecule has 0 atom stereocenters. The lowest BCUT2D eigenvalue weighted by atomic mass is 10.0. The maximum Gasteiger partial charge on any atom is 0.172 e. The van der Waals surface area contributed by atoms with Crippen molar-refractivity contribution in [3.05, 3.63) is 60.0 Å². The van der Waals surface area contributed by atoms with E-state index in [4.69, 9.17) is 0 Å². The molecule has 0 unspecified atom stereocenters. The first kappa shape index (κ1) is 14.4. The Kier molecular flexibility index (Phi) is 4.00. The van der Waals surface area contributed by atoms with Crippen LogP contribution in [-0.2, 0) is 20.5 Å². The van der Waals surface area contributed by atoms with E-state index < -0.39 is 0 Å². The van der Waals surface area contributed by atoms with Gasteiger partial charge >= 0.3 is 0 Å². The van der Waals surface area contributed by atoms with Crippen LogP contribution >= 0.6 is 0 Å². The Balaban J connectivity index is 0.00000147. The summed E-state index contributed by atoms with van der Waals surface area (Å²) >= 11 is 0. The molecule has 0 aliphatic rings. The van der Waals surface area contributed by atoms with Crippen molar-refractivity contribution in [1.82, 2.24) is 4.57 Å². The van der Waals surface area contributed by atoms with Crippen LogP contribution in [0, 0.1) is 0 Å². The number of hydrogen-bond acceptors (Lipinski definition) is 1. The molecule has 0 bridgehead atoms. The Labute approximate surface area is 124 Å². The second-order valence-corrected chi connectivity index (χ2v) is 4.99. The van der Waals surface area contributed by atoms with Gasteiger partial charge in [-0.15, -0.1) is 0 Å². The van der Waals surface area contributed by atoms with Gasteiger partial charge in [0.05, 0.1) is 5.52 Å². The number of aromatic hydroxyl groups is 1. The molecular formula is C16H17ClN2O. The second-order valence-electron chi connectivity index (χ2n) is 4.99. The van der Waals surface area contributed by atoms with Crippen molar-refractivity contribution < 1.29 is 22.1 Å². The van der Waals surface area contributed by atoms with E-state index in [0.29, 0.717) is 5.75 Å². The number of benzene rings is 1. The van der Waals surface area contributed by atoms with E-state index in [2.05, 4.69) is 18.3 Å². The highest BCUT2D eigenvalue weighted by Crippen LogP contribution is 2.30. The van der Waals surface area contributed by atoms with Gasteiger partial charge in [0.2, 0.25) is 0 Å². The van der Waals surface area contributed by atoms with Crippen LogP contribution in [0.15, 0.2) is 48.9 Å². The third-order valence-corrected chi connectivity index (χ3v) is 3.52. The summed E-state index contributed by atoms with van der Waals surface area (Å²) in [5, 5.41) is 11.3. The lowest BCUT2D eigenvalue weighted by Crippen LogP contribution is -3.00. The summed E-state index contributed by atoms with van der Waals surface area (Å²) in [5.74, 6) is 0.393. The predicted octanol–water partition coefficient (Wildman–Crippen LogP) is -0.697. The molecule has 1 N–H and O–H groups in total. The topological polar surface area (TPSA) is 29.0 Å². The molecule has 104 valence electrons. The van der Waals surface area contributed by atoms with E-state index in [0.717, 1.165) is 22.9 Å². The number of hydrogen-bond donors (Lipinski definition) is 1. The van der Waals surface area contributed by atoms with Gasteiger partial charge in [0.15, 0.2) is 12.4 Å². The van der Waals surface area contributed by atoms with Gasteiger partial charge in [0, 0.05) is 36.7 Å². The lowest BCUT2D eigenvalue weighted by molar-refractivity contribution is -0.671. The Morgan fingerprint density at radius 1 is 1.20 bits per heavy atom. The molecule has 20 heavy (non-hydrogen) atoms. The van der Waals surface area contributed by atoms with Gasteiger partial charge in [0.25, 0.3) is 0 Å². The molecule has 3 nitrogen and oxygen atoms in total. The minimum Gasteiger partial charge on any atom is -1.00 e. The van der Waals surface area contributed by atoms with Crippen molar-refractivity contribution in [3.8, 4) is 5.75 Å². The Morgan fingerprint density at radius 2 is 2.00 bits per heavy atom. The summed E-state index contributed by atoms with van der Waals surface area (Å²) in [6.07, 6.45) is 6.79. The molecule has 3 aromatic rings. The summed E-state index contributed by atoms with van der Waals surface area (Å²) < 4.78 is 4.04. The molecular weight excluding hydrogens is 272 g/mol. The fourth-order valence-electron chi connectivity index (χ4n) is 2.50. The first-order valence-electron chi connectivity index (χ1n) is 6.35. The van der Waals surface area contributed by atoms with Gasteiger partial charge in [-0.25, -0.2) is 4.57 Å². The highest BCUT2D eigenvalue weighted by molar-refractivity contribution is 5.87. The van der Waals surface area contributed by atoms with Crippen LogP contribution < -0.4 is 17.0 Å². The number of aryl methyl sites for hydroxylation is 2. The van der Waals surface area contributed by atoms with Gasteiger partial charge in [0.1, 0.15) is 12.8 Å². The van der Waals surface area contributed by atoms with E-state index in [1.807, 2.05) is 53.8 Å². The molecule has 0 amide bonds. The normalized spacial score (nSPS) is 10.5. The van der Waals surface area contributed by atoms with Crippen LogP contribution in [0.5, 0.6) is 5.75 Å². The first-order valence-corrected chi connectivity index (χ1v) is 6.35. The molecule has 0 radical (unpaired) electrons. The molecule has 1 aromatic carbocycles. The third kappa shape index (κ3) is 2.49. The van der Waals surface area contributed by atoms with Gasteiger partial charge in [-0.2, -0.15) is 0 Å². The van der Waals surface area contributed by atoms with Crippen LogP contribution in [0.1, 0.15) is 11.1 Å². The molecule has 0 aliphatic heterocycles. The van der Waals surface area contributed by atoms with Gasteiger partial charge in [-0.1, -0.05) is 6.07 Å². The third-order valence-electron chi connectivity index (χ3n) is 3.52. The van der Waals surface area contributed by atoms with E-state index in [-0.39, 0.29) is 12.4 Å². The Morgan fingerprint density at radius 3 is 2.75 bits per heavy atom. The number of aromatic nitrogens is 2. The summed E-state index contributed by atoms with van der Waals surface area (Å²) in [4.78, 5) is 0. The van der Waals surface area contributed by atoms with E-state index >= 15 is 0 Å². The maximum atomic E-state index is 10.4. The van der Waals surface area contributed by atoms with E-state index in [1.165, 1.54) is 5.56 Å². The second kappa shape index (κ2) is 5.55. The molecule has 4 heteroatoms. The quantitative estimate of drug-likeness (QED) is 0.621.